The highest BCUT2D eigenvalue weighted by Crippen LogP contribution is 2.41. The summed E-state index contributed by atoms with van der Waals surface area (Å²) >= 11 is 1.50. The number of benzene rings is 1. The maximum absolute atomic E-state index is 13.1. The summed E-state index contributed by atoms with van der Waals surface area (Å²) in [6.07, 6.45) is 3.39. The molecule has 0 atom stereocenters. The topological polar surface area (TPSA) is 85.4 Å². The first kappa shape index (κ1) is 19.0. The molecule has 0 spiro atoms. The molecular weight excluding hydrogens is 372 g/mol. The number of esters is 1. The van der Waals surface area contributed by atoms with Crippen molar-refractivity contribution in [3.8, 4) is 0 Å². The number of methoxy groups -OCH3 is 1. The number of thiazole rings is 1. The van der Waals surface area contributed by atoms with Crippen molar-refractivity contribution in [2.45, 2.75) is 50.0 Å². The molecule has 0 aliphatic heterocycles. The van der Waals surface area contributed by atoms with Crippen LogP contribution in [0.15, 0.2) is 28.5 Å². The van der Waals surface area contributed by atoms with E-state index in [1.165, 1.54) is 36.6 Å². The quantitative estimate of drug-likeness (QED) is 0.787. The van der Waals surface area contributed by atoms with Gasteiger partial charge in [-0.2, -0.15) is 4.72 Å². The summed E-state index contributed by atoms with van der Waals surface area (Å²) in [7, 11) is -2.46. The van der Waals surface area contributed by atoms with Crippen LogP contribution in [0, 0.1) is 13.8 Å². The van der Waals surface area contributed by atoms with Gasteiger partial charge in [0.25, 0.3) is 0 Å². The highest BCUT2D eigenvalue weighted by Gasteiger charge is 2.42. The Morgan fingerprint density at radius 2 is 1.96 bits per heavy atom. The molecule has 1 aromatic carbocycles. The van der Waals surface area contributed by atoms with E-state index < -0.39 is 21.5 Å². The van der Waals surface area contributed by atoms with Gasteiger partial charge < -0.3 is 4.74 Å². The number of hydrogen-bond acceptors (Lipinski definition) is 6. The molecule has 1 N–H and O–H groups in total. The van der Waals surface area contributed by atoms with Crippen LogP contribution >= 0.6 is 11.3 Å². The maximum atomic E-state index is 13.1. The zero-order valence-electron chi connectivity index (χ0n) is 15.0. The van der Waals surface area contributed by atoms with Crippen LogP contribution < -0.4 is 4.72 Å². The number of rotatable bonds is 5. The Bertz CT molecular complexity index is 928. The van der Waals surface area contributed by atoms with Crippen molar-refractivity contribution < 1.29 is 17.9 Å². The molecule has 0 unspecified atom stereocenters. The van der Waals surface area contributed by atoms with Gasteiger partial charge in [-0.3, -0.25) is 0 Å². The normalized spacial score (nSPS) is 16.6. The molecule has 140 valence electrons. The number of sulfonamides is 1. The van der Waals surface area contributed by atoms with Crippen LogP contribution in [0.1, 0.15) is 52.3 Å². The van der Waals surface area contributed by atoms with E-state index in [1.54, 1.807) is 6.92 Å². The Balaban J connectivity index is 1.96. The zero-order chi connectivity index (χ0) is 18.9. The molecule has 8 heteroatoms. The van der Waals surface area contributed by atoms with Crippen molar-refractivity contribution in [2.75, 3.05) is 7.11 Å². The summed E-state index contributed by atoms with van der Waals surface area (Å²) in [5, 5.41) is 2.76. The van der Waals surface area contributed by atoms with Crippen LogP contribution in [-0.4, -0.2) is 26.5 Å². The minimum absolute atomic E-state index is 0.171. The molecule has 2 aromatic rings. The number of nitrogens with zero attached hydrogens (tertiary/aromatic N) is 1. The van der Waals surface area contributed by atoms with E-state index >= 15 is 0 Å². The van der Waals surface area contributed by atoms with Gasteiger partial charge in [0.15, 0.2) is 0 Å². The minimum atomic E-state index is -3.76. The SMILES string of the molecule is COC(=O)c1ccc(S(=O)(=O)NC2(c3nc(C)cs3)CCCC2)c(C)c1. The third kappa shape index (κ3) is 3.54. The second kappa shape index (κ2) is 7.09. The third-order valence-corrected chi connectivity index (χ3v) is 7.56. The lowest BCUT2D eigenvalue weighted by Gasteiger charge is -2.28. The number of carbonyl (C=O) groups excluding carboxylic acids is 1. The first-order valence-electron chi connectivity index (χ1n) is 8.43. The number of nitrogens with one attached hydrogen (secondary N) is 1. The predicted octanol–water partition coefficient (Wildman–Crippen LogP) is 3.29. The van der Waals surface area contributed by atoms with Gasteiger partial charge in [-0.1, -0.05) is 12.8 Å². The fourth-order valence-electron chi connectivity index (χ4n) is 3.42. The average Bonchev–Trinajstić information content (AvgIpc) is 3.23. The molecule has 1 fully saturated rings. The Morgan fingerprint density at radius 1 is 1.27 bits per heavy atom. The molecule has 1 heterocycles. The monoisotopic (exact) mass is 394 g/mol. The molecule has 26 heavy (non-hydrogen) atoms. The van der Waals surface area contributed by atoms with Gasteiger partial charge in [0.2, 0.25) is 10.0 Å². The van der Waals surface area contributed by atoms with Crippen molar-refractivity contribution in [1.82, 2.24) is 9.71 Å². The van der Waals surface area contributed by atoms with Crippen LogP contribution in [0.4, 0.5) is 0 Å². The highest BCUT2D eigenvalue weighted by atomic mass is 32.2. The van der Waals surface area contributed by atoms with E-state index in [2.05, 4.69) is 14.4 Å². The van der Waals surface area contributed by atoms with E-state index in [0.717, 1.165) is 36.4 Å². The van der Waals surface area contributed by atoms with Crippen molar-refractivity contribution >= 4 is 27.3 Å². The molecule has 3 rings (SSSR count). The summed E-state index contributed by atoms with van der Waals surface area (Å²) in [4.78, 5) is 16.4. The summed E-state index contributed by atoms with van der Waals surface area (Å²) in [6.45, 7) is 3.59. The lowest BCUT2D eigenvalue weighted by molar-refractivity contribution is 0.0600. The Kier molecular flexibility index (Phi) is 5.18. The second-order valence-corrected chi connectivity index (χ2v) is 9.17. The number of ether oxygens (including phenoxy) is 1. The van der Waals surface area contributed by atoms with E-state index in [0.29, 0.717) is 11.1 Å². The summed E-state index contributed by atoms with van der Waals surface area (Å²) < 4.78 is 33.8. The summed E-state index contributed by atoms with van der Waals surface area (Å²) in [5.74, 6) is -0.490. The minimum Gasteiger partial charge on any atom is -0.465 e. The van der Waals surface area contributed by atoms with E-state index in [1.807, 2.05) is 12.3 Å². The fourth-order valence-corrected chi connectivity index (χ4v) is 6.15. The number of hydrogen-bond donors (Lipinski definition) is 1. The molecular formula is C18H22N2O4S2. The Hall–Kier alpha value is -1.77. The molecule has 1 aliphatic rings. The van der Waals surface area contributed by atoms with Gasteiger partial charge in [-0.15, -0.1) is 11.3 Å². The van der Waals surface area contributed by atoms with Gasteiger partial charge in [-0.05, 0) is 50.5 Å². The summed E-state index contributed by atoms with van der Waals surface area (Å²) in [5.41, 5.74) is 1.08. The maximum Gasteiger partial charge on any atom is 0.337 e. The largest absolute Gasteiger partial charge is 0.465 e. The second-order valence-electron chi connectivity index (χ2n) is 6.66. The van der Waals surface area contributed by atoms with Crippen LogP contribution in [0.3, 0.4) is 0 Å². The summed E-state index contributed by atoms with van der Waals surface area (Å²) in [6, 6.07) is 4.47. The number of aromatic nitrogens is 1. The molecule has 1 saturated carbocycles. The van der Waals surface area contributed by atoms with E-state index in [4.69, 9.17) is 0 Å². The molecule has 1 aromatic heterocycles. The van der Waals surface area contributed by atoms with Gasteiger partial charge >= 0.3 is 5.97 Å². The molecule has 0 bridgehead atoms. The van der Waals surface area contributed by atoms with E-state index in [-0.39, 0.29) is 4.90 Å². The zero-order valence-corrected chi connectivity index (χ0v) is 16.7. The highest BCUT2D eigenvalue weighted by molar-refractivity contribution is 7.89. The van der Waals surface area contributed by atoms with Crippen molar-refractivity contribution in [3.63, 3.8) is 0 Å². The van der Waals surface area contributed by atoms with Crippen molar-refractivity contribution in [3.05, 3.63) is 45.4 Å². The predicted molar refractivity (Wildman–Crippen MR) is 99.8 cm³/mol. The van der Waals surface area contributed by atoms with Crippen molar-refractivity contribution in [2.24, 2.45) is 0 Å². The van der Waals surface area contributed by atoms with E-state index in [9.17, 15) is 13.2 Å². The Morgan fingerprint density at radius 3 is 2.50 bits per heavy atom. The number of aryl methyl sites for hydroxylation is 2. The molecule has 6 nitrogen and oxygen atoms in total. The van der Waals surface area contributed by atoms with Crippen LogP contribution in [0.2, 0.25) is 0 Å². The molecule has 0 amide bonds. The first-order chi connectivity index (χ1) is 12.3. The van der Waals surface area contributed by atoms with Gasteiger partial charge in [-0.25, -0.2) is 18.2 Å². The van der Waals surface area contributed by atoms with Gasteiger partial charge in [0, 0.05) is 11.1 Å². The standard InChI is InChI=1S/C18H22N2O4S2/c1-12-10-14(16(21)24-3)6-7-15(12)26(22,23)20-18(8-4-5-9-18)17-19-13(2)11-25-17/h6-7,10-11,20H,4-5,8-9H2,1-3H3. The van der Waals surface area contributed by atoms with Crippen molar-refractivity contribution in [1.29, 1.82) is 0 Å². The van der Waals surface area contributed by atoms with Crippen LogP contribution in [0.5, 0.6) is 0 Å². The first-order valence-corrected chi connectivity index (χ1v) is 10.8. The lowest BCUT2D eigenvalue weighted by Crippen LogP contribution is -2.43. The Labute approximate surface area is 157 Å². The van der Waals surface area contributed by atoms with Gasteiger partial charge in [0.1, 0.15) is 5.01 Å². The fraction of sp³-hybridized carbons (Fsp3) is 0.444. The average molecular weight is 395 g/mol. The number of carbonyl (C=O) groups is 1. The molecule has 0 radical (unpaired) electrons. The third-order valence-electron chi connectivity index (χ3n) is 4.70. The lowest BCUT2D eigenvalue weighted by atomic mass is 10.0. The van der Waals surface area contributed by atoms with Crippen LogP contribution in [0.25, 0.3) is 0 Å². The molecule has 0 saturated heterocycles. The van der Waals surface area contributed by atoms with Crippen LogP contribution in [-0.2, 0) is 20.3 Å². The van der Waals surface area contributed by atoms with Gasteiger partial charge in [0.05, 0.1) is 23.1 Å². The smallest absolute Gasteiger partial charge is 0.337 e. The molecule has 1 aliphatic carbocycles.